The van der Waals surface area contributed by atoms with E-state index in [1.54, 1.807) is 0 Å². The van der Waals surface area contributed by atoms with Gasteiger partial charge in [0.2, 0.25) is 0 Å². The van der Waals surface area contributed by atoms with Gasteiger partial charge in [0.15, 0.2) is 5.78 Å². The summed E-state index contributed by atoms with van der Waals surface area (Å²) in [5.41, 5.74) is 0.846. The number of Topliss-reactive ketones (excluding diaryl/α,β-unsaturated/α-hetero) is 1. The monoisotopic (exact) mass is 382 g/mol. The van der Waals surface area contributed by atoms with Crippen molar-refractivity contribution in [2.45, 2.75) is 18.9 Å². The minimum Gasteiger partial charge on any atom is -0.376 e. The van der Waals surface area contributed by atoms with Gasteiger partial charge in [-0.25, -0.2) is 9.37 Å². The summed E-state index contributed by atoms with van der Waals surface area (Å²) in [5, 5.41) is 6.89. The second-order valence-electron chi connectivity index (χ2n) is 6.67. The van der Waals surface area contributed by atoms with E-state index in [0.29, 0.717) is 0 Å². The molecule has 0 saturated heterocycles. The third kappa shape index (κ3) is 2.46. The fourth-order valence-corrected chi connectivity index (χ4v) is 3.71. The molecule has 0 radical (unpaired) electrons. The summed E-state index contributed by atoms with van der Waals surface area (Å²) in [4.78, 5) is 21.1. The van der Waals surface area contributed by atoms with Crippen LogP contribution in [0.25, 0.3) is 0 Å². The minimum absolute atomic E-state index is 0.0632. The Hall–Kier alpha value is -3.35. The lowest BCUT2D eigenvalue weighted by molar-refractivity contribution is 0.0999. The van der Waals surface area contributed by atoms with Gasteiger partial charge in [-0.3, -0.25) is 14.5 Å². The van der Waals surface area contributed by atoms with E-state index < -0.39 is 30.5 Å². The fourth-order valence-electron chi connectivity index (χ4n) is 3.71. The van der Waals surface area contributed by atoms with Crippen molar-refractivity contribution in [1.29, 1.82) is 0 Å². The van der Waals surface area contributed by atoms with E-state index in [-0.39, 0.29) is 70.2 Å². The number of hydrogen-bond donors (Lipinski definition) is 1. The maximum atomic E-state index is 14.5. The number of aromatic nitrogens is 3. The number of aryl methyl sites for hydroxylation is 1. The largest absolute Gasteiger partial charge is 0.376 e. The van der Waals surface area contributed by atoms with E-state index in [1.165, 1.54) is 6.92 Å². The molecule has 7 heteroatoms. The Labute approximate surface area is 171 Å². The molecule has 0 spiro atoms. The molecule has 2 aliphatic rings. The van der Waals surface area contributed by atoms with Gasteiger partial charge in [0, 0.05) is 27.9 Å². The number of halogens is 1. The van der Waals surface area contributed by atoms with Gasteiger partial charge < -0.3 is 5.32 Å². The third-order valence-electron chi connectivity index (χ3n) is 4.92. The highest BCUT2D eigenvalue weighted by atomic mass is 19.1. The number of hydrogen-bond acceptors (Lipinski definition) is 5. The Bertz CT molecular complexity index is 1420. The lowest BCUT2D eigenvalue weighted by Gasteiger charge is -2.37. The number of nitrogens with one attached hydrogen (secondary N) is 1. The summed E-state index contributed by atoms with van der Waals surface area (Å²) in [6.45, 7) is -1.57. The Balaban J connectivity index is 1.85. The second-order valence-corrected chi connectivity index (χ2v) is 6.67. The number of carbonyl (C=O) groups is 1. The van der Waals surface area contributed by atoms with Crippen molar-refractivity contribution in [3.8, 4) is 0 Å². The normalized spacial score (nSPS) is 24.4. The summed E-state index contributed by atoms with van der Waals surface area (Å²) in [7, 11) is 0. The molecule has 2 aliphatic heterocycles. The van der Waals surface area contributed by atoms with Crippen LogP contribution >= 0.6 is 0 Å². The Morgan fingerprint density at radius 2 is 2.14 bits per heavy atom. The van der Waals surface area contributed by atoms with E-state index >= 15 is 0 Å². The summed E-state index contributed by atoms with van der Waals surface area (Å²) in [6.07, 6.45) is 1.05. The highest BCUT2D eigenvalue weighted by molar-refractivity contribution is 6.21. The summed E-state index contributed by atoms with van der Waals surface area (Å²) in [5.74, 6) is -2.25. The number of anilines is 1. The number of rotatable bonds is 2. The number of nitrogens with zero attached hydrogens (tertiary/aromatic N) is 4. The molecule has 5 rings (SSSR count). The smallest absolute Gasteiger partial charge is 0.185 e. The van der Waals surface area contributed by atoms with Crippen LogP contribution in [0.15, 0.2) is 47.6 Å². The summed E-state index contributed by atoms with van der Waals surface area (Å²) >= 11 is 0. The van der Waals surface area contributed by atoms with Crippen LogP contribution in [0.3, 0.4) is 0 Å². The SMILES string of the molecule is [2H]c1c([2H])c([C@@H]2Nc3cc(F)cc4c3C(=NCC4=O)[C@H]2c2ncnn2C([2H])([2H])[2H])c([2H])c([2H])c1C. The molecule has 1 N–H and O–H groups in total. The van der Waals surface area contributed by atoms with Crippen molar-refractivity contribution in [3.63, 3.8) is 0 Å². The van der Waals surface area contributed by atoms with Crippen LogP contribution < -0.4 is 5.32 Å². The molecule has 2 aromatic carbocycles. The van der Waals surface area contributed by atoms with Crippen molar-refractivity contribution >= 4 is 17.2 Å². The van der Waals surface area contributed by atoms with Gasteiger partial charge in [0.25, 0.3) is 0 Å². The minimum atomic E-state index is -2.73. The van der Waals surface area contributed by atoms with E-state index in [2.05, 4.69) is 20.4 Å². The summed E-state index contributed by atoms with van der Waals surface area (Å²) < 4.78 is 72.6. The third-order valence-corrected chi connectivity index (χ3v) is 4.92. The second kappa shape index (κ2) is 6.09. The molecular weight excluding hydrogens is 357 g/mol. The zero-order chi connectivity index (χ0) is 25.4. The van der Waals surface area contributed by atoms with Gasteiger partial charge in [-0.2, -0.15) is 5.10 Å². The van der Waals surface area contributed by atoms with Crippen LogP contribution in [0.4, 0.5) is 10.1 Å². The molecule has 0 bridgehead atoms. The van der Waals surface area contributed by atoms with Gasteiger partial charge in [-0.15, -0.1) is 0 Å². The lowest BCUT2D eigenvalue weighted by Crippen LogP contribution is -2.37. The van der Waals surface area contributed by atoms with Crippen molar-refractivity contribution in [2.24, 2.45) is 12.0 Å². The maximum Gasteiger partial charge on any atom is 0.185 e. The molecule has 6 nitrogen and oxygen atoms in total. The van der Waals surface area contributed by atoms with Crippen molar-refractivity contribution < 1.29 is 18.8 Å². The van der Waals surface area contributed by atoms with E-state index in [0.717, 1.165) is 23.1 Å². The Morgan fingerprint density at radius 3 is 2.93 bits per heavy atom. The lowest BCUT2D eigenvalue weighted by atomic mass is 9.78. The average molecular weight is 382 g/mol. The van der Waals surface area contributed by atoms with Crippen molar-refractivity contribution in [1.82, 2.24) is 14.8 Å². The molecule has 140 valence electrons. The van der Waals surface area contributed by atoms with Crippen LogP contribution in [0.1, 0.15) is 54.4 Å². The van der Waals surface area contributed by atoms with Crippen LogP contribution in [-0.2, 0) is 6.98 Å². The van der Waals surface area contributed by atoms with E-state index in [9.17, 15) is 9.18 Å². The Morgan fingerprint density at radius 1 is 1.32 bits per heavy atom. The topological polar surface area (TPSA) is 72.2 Å². The first-order valence-electron chi connectivity index (χ1n) is 12.1. The van der Waals surface area contributed by atoms with Gasteiger partial charge in [-0.05, 0) is 24.6 Å². The number of ketones is 1. The first-order valence-corrected chi connectivity index (χ1v) is 8.57. The molecule has 0 amide bonds. The number of aliphatic imine (C=N–C) groups is 1. The number of benzene rings is 2. The van der Waals surface area contributed by atoms with Gasteiger partial charge in [-0.1, -0.05) is 29.7 Å². The molecule has 0 aliphatic carbocycles. The quantitative estimate of drug-likeness (QED) is 0.739. The standard InChI is InChI=1S/C21H18FN5O/c1-11-3-5-12(6-4-11)19-18(21-24-10-25-27(21)2)20-17-14(16(28)9-23-20)7-13(22)8-15(17)26-19/h3-8,10,18-19,26H,9H2,1-2H3/t18-,19-/m0/s1/i2D3,3D,4D,5D,6D. The predicted molar refractivity (Wildman–Crippen MR) is 103 cm³/mol. The molecule has 3 heterocycles. The van der Waals surface area contributed by atoms with Crippen LogP contribution in [0, 0.1) is 12.7 Å². The van der Waals surface area contributed by atoms with Crippen LogP contribution in [0.2, 0.25) is 0 Å². The zero-order valence-corrected chi connectivity index (χ0v) is 14.7. The molecule has 3 aromatic rings. The molecule has 0 fully saturated rings. The zero-order valence-electron chi connectivity index (χ0n) is 21.7. The highest BCUT2D eigenvalue weighted by Gasteiger charge is 2.41. The van der Waals surface area contributed by atoms with E-state index in [4.69, 9.17) is 9.60 Å². The van der Waals surface area contributed by atoms with Gasteiger partial charge in [0.1, 0.15) is 24.5 Å². The molecule has 1 aromatic heterocycles. The highest BCUT2D eigenvalue weighted by Crippen LogP contribution is 2.44. The Kier molecular flexibility index (Phi) is 2.36. The molecule has 0 unspecified atom stereocenters. The van der Waals surface area contributed by atoms with Crippen molar-refractivity contribution in [3.05, 3.63) is 76.5 Å². The van der Waals surface area contributed by atoms with E-state index in [1.807, 2.05) is 0 Å². The molecule has 0 saturated carbocycles. The molecule has 28 heavy (non-hydrogen) atoms. The fraction of sp³-hybridized carbons (Fsp3) is 0.238. The first kappa shape index (κ1) is 10.8. The summed E-state index contributed by atoms with van der Waals surface area (Å²) in [6, 6.07) is -0.0730. The average Bonchev–Trinajstić information content (AvgIpc) is 3.28. The number of carbonyl (C=O) groups excluding carboxylic acids is 1. The van der Waals surface area contributed by atoms with Gasteiger partial charge in [0.05, 0.1) is 23.2 Å². The van der Waals surface area contributed by atoms with Crippen LogP contribution in [-0.4, -0.2) is 32.8 Å². The van der Waals surface area contributed by atoms with Crippen LogP contribution in [0.5, 0.6) is 0 Å². The van der Waals surface area contributed by atoms with Gasteiger partial charge >= 0.3 is 0 Å². The van der Waals surface area contributed by atoms with Crippen molar-refractivity contribution in [2.75, 3.05) is 11.9 Å². The molecular formula is C21H18FN5O. The maximum absolute atomic E-state index is 14.5. The predicted octanol–water partition coefficient (Wildman–Crippen LogP) is 3.20. The first-order chi connectivity index (χ1) is 16.4. The molecule has 2 atom stereocenters.